The molecule has 2 aromatic heterocycles. The average molecular weight is 335 g/mol. The van der Waals surface area contributed by atoms with E-state index in [1.54, 1.807) is 5.32 Å². The summed E-state index contributed by atoms with van der Waals surface area (Å²) in [7, 11) is 0. The Morgan fingerprint density at radius 1 is 1.00 bits per heavy atom. The highest BCUT2D eigenvalue weighted by atomic mass is 19.4. The zero-order valence-electron chi connectivity index (χ0n) is 11.0. The number of anilines is 1. The molecule has 0 aliphatic rings. The maximum absolute atomic E-state index is 13.4. The number of halogens is 6. The third-order valence-corrected chi connectivity index (χ3v) is 2.71. The summed E-state index contributed by atoms with van der Waals surface area (Å²) in [6, 6.07) is 3.37. The van der Waals surface area contributed by atoms with Gasteiger partial charge in [0, 0.05) is 12.4 Å². The second-order valence-electron chi connectivity index (χ2n) is 4.26. The summed E-state index contributed by atoms with van der Waals surface area (Å²) >= 11 is 0. The number of aromatic nitrogens is 2. The van der Waals surface area contributed by atoms with Gasteiger partial charge >= 0.3 is 12.1 Å². The average Bonchev–Trinajstić information content (AvgIpc) is 2.46. The SMILES string of the molecule is O=C(Nc1ncccc1C(F)(F)C(F)(F)F)c1ncccc1F. The number of hydrogen-bond acceptors (Lipinski definition) is 3. The fourth-order valence-electron chi connectivity index (χ4n) is 1.63. The quantitative estimate of drug-likeness (QED) is 0.873. The molecular weight excluding hydrogens is 328 g/mol. The Bertz CT molecular complexity index is 732. The van der Waals surface area contributed by atoms with Gasteiger partial charge in [-0.05, 0) is 24.3 Å². The largest absolute Gasteiger partial charge is 0.458 e. The standard InChI is InChI=1S/C13H7F6N3O/c14-8-4-2-5-20-9(8)11(23)22-10-7(3-1-6-21-10)12(15,16)13(17,18)19/h1-6H,(H,21,22,23). The Morgan fingerprint density at radius 2 is 1.61 bits per heavy atom. The molecule has 2 rings (SSSR count). The van der Waals surface area contributed by atoms with Crippen molar-refractivity contribution < 1.29 is 31.1 Å². The number of pyridine rings is 2. The van der Waals surface area contributed by atoms with Crippen LogP contribution < -0.4 is 5.32 Å². The van der Waals surface area contributed by atoms with Gasteiger partial charge in [-0.25, -0.2) is 14.4 Å². The van der Waals surface area contributed by atoms with Crippen LogP contribution in [0.25, 0.3) is 0 Å². The van der Waals surface area contributed by atoms with Crippen molar-refractivity contribution in [3.63, 3.8) is 0 Å². The number of amides is 1. The summed E-state index contributed by atoms with van der Waals surface area (Å²) in [6.07, 6.45) is -3.92. The van der Waals surface area contributed by atoms with Crippen molar-refractivity contribution in [1.82, 2.24) is 9.97 Å². The Hall–Kier alpha value is -2.65. The van der Waals surface area contributed by atoms with Gasteiger partial charge in [-0.15, -0.1) is 0 Å². The number of carbonyl (C=O) groups excluding carboxylic acids is 1. The predicted molar refractivity (Wildman–Crippen MR) is 66.3 cm³/mol. The third-order valence-electron chi connectivity index (χ3n) is 2.71. The van der Waals surface area contributed by atoms with Gasteiger partial charge in [0.05, 0.1) is 5.56 Å². The predicted octanol–water partition coefficient (Wildman–Crippen LogP) is 3.52. The van der Waals surface area contributed by atoms with Gasteiger partial charge < -0.3 is 5.32 Å². The van der Waals surface area contributed by atoms with E-state index in [-0.39, 0.29) is 0 Å². The number of alkyl halides is 5. The van der Waals surface area contributed by atoms with E-state index >= 15 is 0 Å². The summed E-state index contributed by atoms with van der Waals surface area (Å²) in [5.74, 6) is -8.65. The molecule has 2 aromatic rings. The van der Waals surface area contributed by atoms with Crippen LogP contribution in [-0.2, 0) is 5.92 Å². The minimum Gasteiger partial charge on any atom is -0.305 e. The first-order valence-corrected chi connectivity index (χ1v) is 5.96. The first-order chi connectivity index (χ1) is 10.6. The van der Waals surface area contributed by atoms with Crippen LogP contribution in [0, 0.1) is 5.82 Å². The van der Waals surface area contributed by atoms with E-state index in [9.17, 15) is 31.1 Å². The molecule has 0 fully saturated rings. The Kier molecular flexibility index (Phi) is 4.26. The van der Waals surface area contributed by atoms with Gasteiger partial charge in [0.25, 0.3) is 5.91 Å². The molecular formula is C13H7F6N3O. The van der Waals surface area contributed by atoms with E-state index in [0.29, 0.717) is 6.07 Å². The molecule has 0 saturated heterocycles. The monoisotopic (exact) mass is 335 g/mol. The second-order valence-corrected chi connectivity index (χ2v) is 4.26. The second kappa shape index (κ2) is 5.86. The van der Waals surface area contributed by atoms with Gasteiger partial charge in [0.2, 0.25) is 0 Å². The Labute approximate surface area is 125 Å². The lowest BCUT2D eigenvalue weighted by Gasteiger charge is -2.21. The molecule has 0 aliphatic carbocycles. The van der Waals surface area contributed by atoms with E-state index in [1.807, 2.05) is 0 Å². The van der Waals surface area contributed by atoms with Crippen LogP contribution in [0.15, 0.2) is 36.7 Å². The Balaban J connectivity index is 2.39. The number of hydrogen-bond donors (Lipinski definition) is 1. The number of nitrogens with zero attached hydrogens (tertiary/aromatic N) is 2. The number of nitrogens with one attached hydrogen (secondary N) is 1. The maximum Gasteiger partial charge on any atom is 0.458 e. The molecule has 0 atom stereocenters. The van der Waals surface area contributed by atoms with Crippen LogP contribution in [0.1, 0.15) is 16.1 Å². The molecule has 0 unspecified atom stereocenters. The van der Waals surface area contributed by atoms with E-state index in [0.717, 1.165) is 24.5 Å². The van der Waals surface area contributed by atoms with Crippen molar-refractivity contribution >= 4 is 11.7 Å². The zero-order valence-corrected chi connectivity index (χ0v) is 11.0. The van der Waals surface area contributed by atoms with E-state index in [2.05, 4.69) is 9.97 Å². The summed E-state index contributed by atoms with van der Waals surface area (Å²) in [5.41, 5.74) is -2.32. The highest BCUT2D eigenvalue weighted by Gasteiger charge is 2.60. The zero-order chi connectivity index (χ0) is 17.3. The molecule has 0 aromatic carbocycles. The first kappa shape index (κ1) is 16.7. The van der Waals surface area contributed by atoms with Gasteiger partial charge in [-0.3, -0.25) is 4.79 Å². The molecule has 10 heteroatoms. The van der Waals surface area contributed by atoms with E-state index in [1.165, 1.54) is 6.07 Å². The minimum atomic E-state index is -5.88. The van der Waals surface area contributed by atoms with Gasteiger partial charge in [0.1, 0.15) is 5.82 Å². The molecule has 23 heavy (non-hydrogen) atoms. The van der Waals surface area contributed by atoms with Gasteiger partial charge in [-0.2, -0.15) is 22.0 Å². The lowest BCUT2D eigenvalue weighted by Crippen LogP contribution is -2.35. The smallest absolute Gasteiger partial charge is 0.305 e. The van der Waals surface area contributed by atoms with Crippen molar-refractivity contribution in [1.29, 1.82) is 0 Å². The molecule has 122 valence electrons. The van der Waals surface area contributed by atoms with Crippen LogP contribution in [0.2, 0.25) is 0 Å². The molecule has 1 amide bonds. The third kappa shape index (κ3) is 3.25. The van der Waals surface area contributed by atoms with Crippen molar-refractivity contribution in [2.75, 3.05) is 5.32 Å². The lowest BCUT2D eigenvalue weighted by atomic mass is 10.1. The summed E-state index contributed by atoms with van der Waals surface area (Å²) in [4.78, 5) is 18.5. The van der Waals surface area contributed by atoms with Gasteiger partial charge in [-0.1, -0.05) is 0 Å². The molecule has 2 heterocycles. The maximum atomic E-state index is 13.4. The van der Waals surface area contributed by atoms with Crippen LogP contribution in [-0.4, -0.2) is 22.1 Å². The fourth-order valence-corrected chi connectivity index (χ4v) is 1.63. The Morgan fingerprint density at radius 3 is 2.22 bits per heavy atom. The molecule has 1 N–H and O–H groups in total. The van der Waals surface area contributed by atoms with E-state index < -0.39 is 40.9 Å². The highest BCUT2D eigenvalue weighted by molar-refractivity contribution is 6.02. The molecule has 0 aliphatic heterocycles. The molecule has 4 nitrogen and oxygen atoms in total. The van der Waals surface area contributed by atoms with Crippen molar-refractivity contribution in [3.8, 4) is 0 Å². The minimum absolute atomic E-state index is 0.463. The topological polar surface area (TPSA) is 54.9 Å². The normalized spacial score (nSPS) is 12.1. The van der Waals surface area contributed by atoms with Crippen LogP contribution in [0.5, 0.6) is 0 Å². The molecule has 0 spiro atoms. The summed E-state index contributed by atoms with van der Waals surface area (Å²) < 4.78 is 77.7. The van der Waals surface area contributed by atoms with Crippen LogP contribution >= 0.6 is 0 Å². The van der Waals surface area contributed by atoms with Crippen molar-refractivity contribution in [2.45, 2.75) is 12.1 Å². The highest BCUT2D eigenvalue weighted by Crippen LogP contribution is 2.45. The summed E-state index contributed by atoms with van der Waals surface area (Å²) in [5, 5.41) is 1.71. The molecule has 0 radical (unpaired) electrons. The molecule has 0 bridgehead atoms. The number of rotatable bonds is 3. The van der Waals surface area contributed by atoms with Crippen molar-refractivity contribution in [2.24, 2.45) is 0 Å². The molecule has 0 saturated carbocycles. The van der Waals surface area contributed by atoms with Gasteiger partial charge in [0.15, 0.2) is 11.5 Å². The van der Waals surface area contributed by atoms with Crippen LogP contribution in [0.3, 0.4) is 0 Å². The lowest BCUT2D eigenvalue weighted by molar-refractivity contribution is -0.289. The first-order valence-electron chi connectivity index (χ1n) is 5.96. The number of carbonyl (C=O) groups is 1. The summed E-state index contributed by atoms with van der Waals surface area (Å²) in [6.45, 7) is 0. The fraction of sp³-hybridized carbons (Fsp3) is 0.154. The van der Waals surface area contributed by atoms with E-state index in [4.69, 9.17) is 0 Å². The van der Waals surface area contributed by atoms with Crippen LogP contribution in [0.4, 0.5) is 32.2 Å². The van der Waals surface area contributed by atoms with Crippen molar-refractivity contribution in [3.05, 3.63) is 53.7 Å².